The van der Waals surface area contributed by atoms with Gasteiger partial charge >= 0.3 is 0 Å². The van der Waals surface area contributed by atoms with E-state index in [4.69, 9.17) is 23.2 Å². The van der Waals surface area contributed by atoms with Crippen LogP contribution in [0.3, 0.4) is 0 Å². The van der Waals surface area contributed by atoms with Crippen molar-refractivity contribution in [3.05, 3.63) is 28.2 Å². The average Bonchev–Trinajstić information content (AvgIpc) is 3.13. The Hall–Kier alpha value is -0.330. The fourth-order valence-corrected chi connectivity index (χ4v) is 3.42. The van der Waals surface area contributed by atoms with Crippen LogP contribution in [0.25, 0.3) is 0 Å². The summed E-state index contributed by atoms with van der Waals surface area (Å²) in [4.78, 5) is -0.0698. The lowest BCUT2D eigenvalue weighted by atomic mass is 10.2. The van der Waals surface area contributed by atoms with Gasteiger partial charge in [0.2, 0.25) is 10.0 Å². The molecule has 4 nitrogen and oxygen atoms in total. The standard InChI is InChI=1S/C11H13Cl2NO3S/c12-8-2-1-3-10(11(8)13)18(16,17)14-6-9(15)7-4-5-7/h1-3,7,9,14-15H,4-6H2. The molecule has 100 valence electrons. The molecule has 0 amide bonds. The Bertz CT molecular complexity index is 543. The normalized spacial score (nSPS) is 17.7. The summed E-state index contributed by atoms with van der Waals surface area (Å²) in [5, 5.41) is 9.81. The summed E-state index contributed by atoms with van der Waals surface area (Å²) in [5.74, 6) is 0.211. The molecule has 2 rings (SSSR count). The number of nitrogens with one attached hydrogen (secondary N) is 1. The molecule has 0 spiro atoms. The Balaban J connectivity index is 2.12. The molecule has 1 aliphatic rings. The molecule has 1 aromatic rings. The second-order valence-corrected chi connectivity index (χ2v) is 6.83. The third-order valence-corrected chi connectivity index (χ3v) is 5.25. The van der Waals surface area contributed by atoms with E-state index in [1.807, 2.05) is 0 Å². The number of halogens is 2. The van der Waals surface area contributed by atoms with Crippen LogP contribution in [0, 0.1) is 5.92 Å². The molecule has 0 radical (unpaired) electrons. The number of aliphatic hydroxyl groups excluding tert-OH is 1. The van der Waals surface area contributed by atoms with Gasteiger partial charge in [0, 0.05) is 6.54 Å². The zero-order chi connectivity index (χ0) is 13.3. The van der Waals surface area contributed by atoms with E-state index in [1.165, 1.54) is 18.2 Å². The lowest BCUT2D eigenvalue weighted by Gasteiger charge is -2.12. The van der Waals surface area contributed by atoms with Gasteiger partial charge in [-0.3, -0.25) is 0 Å². The van der Waals surface area contributed by atoms with Crippen LogP contribution in [0.2, 0.25) is 10.0 Å². The van der Waals surface area contributed by atoms with Crippen molar-refractivity contribution in [1.82, 2.24) is 4.72 Å². The highest BCUT2D eigenvalue weighted by Crippen LogP contribution is 2.33. The van der Waals surface area contributed by atoms with Crippen molar-refractivity contribution in [3.8, 4) is 0 Å². The van der Waals surface area contributed by atoms with Gasteiger partial charge in [-0.05, 0) is 30.9 Å². The van der Waals surface area contributed by atoms with Gasteiger partial charge in [0.15, 0.2) is 0 Å². The van der Waals surface area contributed by atoms with Crippen molar-refractivity contribution in [2.24, 2.45) is 5.92 Å². The van der Waals surface area contributed by atoms with Crippen LogP contribution in [-0.2, 0) is 10.0 Å². The Morgan fingerprint density at radius 3 is 2.67 bits per heavy atom. The molecular weight excluding hydrogens is 297 g/mol. The van der Waals surface area contributed by atoms with Crippen molar-refractivity contribution in [2.45, 2.75) is 23.8 Å². The maximum absolute atomic E-state index is 12.0. The van der Waals surface area contributed by atoms with Gasteiger partial charge in [0.25, 0.3) is 0 Å². The van der Waals surface area contributed by atoms with E-state index < -0.39 is 16.1 Å². The lowest BCUT2D eigenvalue weighted by Crippen LogP contribution is -2.33. The van der Waals surface area contributed by atoms with Crippen LogP contribution in [0.5, 0.6) is 0 Å². The van der Waals surface area contributed by atoms with Gasteiger partial charge in [-0.15, -0.1) is 0 Å². The van der Waals surface area contributed by atoms with Gasteiger partial charge in [-0.2, -0.15) is 0 Å². The molecule has 18 heavy (non-hydrogen) atoms. The monoisotopic (exact) mass is 309 g/mol. The molecule has 1 fully saturated rings. The molecule has 2 N–H and O–H groups in total. The fraction of sp³-hybridized carbons (Fsp3) is 0.455. The summed E-state index contributed by atoms with van der Waals surface area (Å²) < 4.78 is 26.3. The molecule has 0 aromatic heterocycles. The van der Waals surface area contributed by atoms with E-state index >= 15 is 0 Å². The first-order valence-corrected chi connectivity index (χ1v) is 7.77. The minimum atomic E-state index is -3.74. The summed E-state index contributed by atoms with van der Waals surface area (Å²) in [6.45, 7) is -0.00412. The van der Waals surface area contributed by atoms with E-state index in [0.717, 1.165) is 12.8 Å². The first-order chi connectivity index (χ1) is 8.42. The van der Waals surface area contributed by atoms with E-state index in [0.29, 0.717) is 0 Å². The zero-order valence-electron chi connectivity index (χ0n) is 9.44. The predicted octanol–water partition coefficient (Wildman–Crippen LogP) is 2.04. The third kappa shape index (κ3) is 3.16. The van der Waals surface area contributed by atoms with Crippen LogP contribution < -0.4 is 4.72 Å². The zero-order valence-corrected chi connectivity index (χ0v) is 11.8. The Labute approximate surface area is 116 Å². The Morgan fingerprint density at radius 1 is 1.39 bits per heavy atom. The maximum atomic E-state index is 12.0. The van der Waals surface area contributed by atoms with E-state index in [9.17, 15) is 13.5 Å². The van der Waals surface area contributed by atoms with Crippen molar-refractivity contribution in [3.63, 3.8) is 0 Å². The number of sulfonamides is 1. The molecule has 0 bridgehead atoms. The van der Waals surface area contributed by atoms with Crippen LogP contribution in [-0.4, -0.2) is 26.2 Å². The summed E-state index contributed by atoms with van der Waals surface area (Å²) >= 11 is 11.6. The van der Waals surface area contributed by atoms with Crippen LogP contribution >= 0.6 is 23.2 Å². The molecule has 1 aromatic carbocycles. The second-order valence-electron chi connectivity index (χ2n) is 4.31. The summed E-state index contributed by atoms with van der Waals surface area (Å²) in [7, 11) is -3.74. The first kappa shape index (κ1) is 14.1. The van der Waals surface area contributed by atoms with Gasteiger partial charge in [0.1, 0.15) is 4.90 Å². The quantitative estimate of drug-likeness (QED) is 0.874. The van der Waals surface area contributed by atoms with Crippen LogP contribution in [0.4, 0.5) is 0 Å². The molecule has 0 saturated heterocycles. The van der Waals surface area contributed by atoms with Crippen LogP contribution in [0.15, 0.2) is 23.1 Å². The molecule has 1 atom stereocenters. The highest BCUT2D eigenvalue weighted by Gasteiger charge is 2.31. The minimum Gasteiger partial charge on any atom is -0.391 e. The highest BCUT2D eigenvalue weighted by atomic mass is 35.5. The van der Waals surface area contributed by atoms with Crippen molar-refractivity contribution >= 4 is 33.2 Å². The molecule has 1 unspecified atom stereocenters. The second kappa shape index (κ2) is 5.35. The average molecular weight is 310 g/mol. The first-order valence-electron chi connectivity index (χ1n) is 5.53. The fourth-order valence-electron chi connectivity index (χ4n) is 1.61. The summed E-state index contributed by atoms with van der Waals surface area (Å²) in [6, 6.07) is 4.40. The topological polar surface area (TPSA) is 66.4 Å². The van der Waals surface area contributed by atoms with Gasteiger partial charge in [-0.1, -0.05) is 29.3 Å². The third-order valence-electron chi connectivity index (χ3n) is 2.85. The van der Waals surface area contributed by atoms with E-state index in [-0.39, 0.29) is 27.4 Å². The summed E-state index contributed by atoms with van der Waals surface area (Å²) in [6.07, 6.45) is 1.25. The predicted molar refractivity (Wildman–Crippen MR) is 70.4 cm³/mol. The SMILES string of the molecule is O=S(=O)(NCC(O)C1CC1)c1cccc(Cl)c1Cl. The largest absolute Gasteiger partial charge is 0.391 e. The molecule has 1 saturated carbocycles. The number of aliphatic hydroxyl groups is 1. The van der Waals surface area contributed by atoms with E-state index in [1.54, 1.807) is 0 Å². The van der Waals surface area contributed by atoms with Gasteiger partial charge in [0.05, 0.1) is 16.1 Å². The number of hydrogen-bond donors (Lipinski definition) is 2. The van der Waals surface area contributed by atoms with Gasteiger partial charge in [-0.25, -0.2) is 13.1 Å². The minimum absolute atomic E-state index is 0.00412. The lowest BCUT2D eigenvalue weighted by molar-refractivity contribution is 0.155. The Kier molecular flexibility index (Phi) is 4.18. The number of hydrogen-bond acceptors (Lipinski definition) is 3. The van der Waals surface area contributed by atoms with Crippen molar-refractivity contribution < 1.29 is 13.5 Å². The van der Waals surface area contributed by atoms with Crippen molar-refractivity contribution in [2.75, 3.05) is 6.54 Å². The molecule has 0 aliphatic heterocycles. The summed E-state index contributed by atoms with van der Waals surface area (Å²) in [5.41, 5.74) is 0. The molecule has 7 heteroatoms. The Morgan fingerprint density at radius 2 is 2.06 bits per heavy atom. The molecule has 1 aliphatic carbocycles. The smallest absolute Gasteiger partial charge is 0.242 e. The van der Waals surface area contributed by atoms with E-state index in [2.05, 4.69) is 4.72 Å². The number of benzene rings is 1. The maximum Gasteiger partial charge on any atom is 0.242 e. The number of rotatable bonds is 5. The molecular formula is C11H13Cl2NO3S. The van der Waals surface area contributed by atoms with Crippen molar-refractivity contribution in [1.29, 1.82) is 0 Å². The highest BCUT2D eigenvalue weighted by molar-refractivity contribution is 7.89. The van der Waals surface area contributed by atoms with Gasteiger partial charge < -0.3 is 5.11 Å². The molecule has 0 heterocycles. The van der Waals surface area contributed by atoms with Crippen LogP contribution in [0.1, 0.15) is 12.8 Å².